The number of aryl methyl sites for hydroxylation is 1. The molecule has 2 N–H and O–H groups in total. The molecule has 0 aliphatic rings. The third-order valence-corrected chi connectivity index (χ3v) is 4.46. The largest absolute Gasteiger partial charge is 0.441 e. The van der Waals surface area contributed by atoms with Crippen LogP contribution in [0, 0.1) is 0 Å². The van der Waals surface area contributed by atoms with Crippen LogP contribution in [0.3, 0.4) is 0 Å². The third kappa shape index (κ3) is 5.12. The molecule has 0 fully saturated rings. The normalized spacial score (nSPS) is 10.5. The summed E-state index contributed by atoms with van der Waals surface area (Å²) in [4.78, 5) is 27.5. The van der Waals surface area contributed by atoms with Gasteiger partial charge in [-0.3, -0.25) is 9.59 Å². The smallest absolute Gasteiger partial charge is 0.224 e. The van der Waals surface area contributed by atoms with E-state index in [-0.39, 0.29) is 18.2 Å². The molecule has 3 aromatic rings. The van der Waals surface area contributed by atoms with Crippen LogP contribution in [0.2, 0.25) is 10.0 Å². The quantitative estimate of drug-likeness (QED) is 0.578. The maximum atomic E-state index is 12.2. The molecule has 0 aliphatic carbocycles. The van der Waals surface area contributed by atoms with Gasteiger partial charge in [0.2, 0.25) is 11.8 Å². The van der Waals surface area contributed by atoms with Crippen molar-refractivity contribution in [1.29, 1.82) is 0 Å². The van der Waals surface area contributed by atoms with E-state index in [4.69, 9.17) is 27.6 Å². The zero-order chi connectivity index (χ0) is 20.1. The van der Waals surface area contributed by atoms with E-state index >= 15 is 0 Å². The van der Waals surface area contributed by atoms with E-state index in [0.29, 0.717) is 39.5 Å². The number of carbonyl (C=O) groups excluding carboxylic acids is 2. The lowest BCUT2D eigenvalue weighted by Crippen LogP contribution is -2.13. The van der Waals surface area contributed by atoms with Crippen molar-refractivity contribution in [2.24, 2.45) is 0 Å². The van der Waals surface area contributed by atoms with Crippen molar-refractivity contribution < 1.29 is 14.0 Å². The van der Waals surface area contributed by atoms with Gasteiger partial charge in [0.05, 0.1) is 21.9 Å². The number of hydrogen-bond donors (Lipinski definition) is 2. The molecule has 0 saturated heterocycles. The molecule has 0 radical (unpaired) electrons. The molecule has 1 heterocycles. The molecule has 0 unspecified atom stereocenters. The highest BCUT2D eigenvalue weighted by atomic mass is 35.5. The third-order valence-electron chi connectivity index (χ3n) is 3.82. The second kappa shape index (κ2) is 8.91. The molecule has 2 amide bonds. The van der Waals surface area contributed by atoms with Gasteiger partial charge in [0.15, 0.2) is 11.7 Å². The van der Waals surface area contributed by atoms with Crippen LogP contribution in [0.4, 0.5) is 11.4 Å². The van der Waals surface area contributed by atoms with E-state index in [2.05, 4.69) is 15.6 Å². The van der Waals surface area contributed by atoms with Crippen molar-refractivity contribution >= 4 is 46.4 Å². The highest BCUT2D eigenvalue weighted by molar-refractivity contribution is 6.34. The van der Waals surface area contributed by atoms with Crippen LogP contribution < -0.4 is 10.6 Å². The molecule has 144 valence electrons. The summed E-state index contributed by atoms with van der Waals surface area (Å²) in [5, 5.41) is 6.26. The molecule has 8 heteroatoms. The van der Waals surface area contributed by atoms with Gasteiger partial charge in [-0.1, -0.05) is 35.3 Å². The molecule has 0 bridgehead atoms. The summed E-state index contributed by atoms with van der Waals surface area (Å²) < 4.78 is 5.69. The molecule has 0 aliphatic heterocycles. The average molecular weight is 418 g/mol. The highest BCUT2D eigenvalue weighted by Crippen LogP contribution is 2.28. The summed E-state index contributed by atoms with van der Waals surface area (Å²) in [6.45, 7) is 1.41. The lowest BCUT2D eigenvalue weighted by atomic mass is 10.2. The van der Waals surface area contributed by atoms with E-state index in [1.165, 1.54) is 6.92 Å². The lowest BCUT2D eigenvalue weighted by molar-refractivity contribution is -0.116. The molecular weight excluding hydrogens is 401 g/mol. The Morgan fingerprint density at radius 1 is 1.07 bits per heavy atom. The topological polar surface area (TPSA) is 84.2 Å². The minimum absolute atomic E-state index is 0.173. The summed E-state index contributed by atoms with van der Waals surface area (Å²) in [5.41, 5.74) is 1.77. The number of nitrogens with one attached hydrogen (secondary N) is 2. The number of oxazole rings is 1. The van der Waals surface area contributed by atoms with Gasteiger partial charge in [-0.15, -0.1) is 0 Å². The van der Waals surface area contributed by atoms with Crippen molar-refractivity contribution in [1.82, 2.24) is 4.98 Å². The molecule has 28 heavy (non-hydrogen) atoms. The van der Waals surface area contributed by atoms with Gasteiger partial charge in [0.1, 0.15) is 0 Å². The van der Waals surface area contributed by atoms with Crippen molar-refractivity contribution in [2.75, 3.05) is 10.6 Å². The van der Waals surface area contributed by atoms with Crippen molar-refractivity contribution in [2.45, 2.75) is 19.8 Å². The summed E-state index contributed by atoms with van der Waals surface area (Å²) in [6, 6.07) is 12.2. The van der Waals surface area contributed by atoms with Gasteiger partial charge in [0.25, 0.3) is 0 Å². The number of anilines is 2. The zero-order valence-corrected chi connectivity index (χ0v) is 16.5. The summed E-state index contributed by atoms with van der Waals surface area (Å²) >= 11 is 12.3. The van der Waals surface area contributed by atoms with Gasteiger partial charge >= 0.3 is 0 Å². The first kappa shape index (κ1) is 19.9. The summed E-state index contributed by atoms with van der Waals surface area (Å²) in [7, 11) is 0. The molecule has 0 spiro atoms. The van der Waals surface area contributed by atoms with Crippen molar-refractivity contribution in [3.8, 4) is 11.3 Å². The molecular formula is C20H17Cl2N3O3. The van der Waals surface area contributed by atoms with Crippen LogP contribution in [0.1, 0.15) is 19.2 Å². The number of aromatic nitrogens is 1. The van der Waals surface area contributed by atoms with Crippen LogP contribution >= 0.6 is 23.2 Å². The predicted octanol–water partition coefficient (Wildman–Crippen LogP) is 5.18. The molecule has 2 aromatic carbocycles. The first-order valence-corrected chi connectivity index (χ1v) is 9.24. The van der Waals surface area contributed by atoms with Crippen molar-refractivity contribution in [3.05, 3.63) is 64.6 Å². The summed E-state index contributed by atoms with van der Waals surface area (Å²) in [6.07, 6.45) is 2.09. The van der Waals surface area contributed by atoms with Crippen LogP contribution in [0.15, 0.2) is 53.1 Å². The van der Waals surface area contributed by atoms with Gasteiger partial charge in [-0.25, -0.2) is 4.98 Å². The fraction of sp³-hybridized carbons (Fsp3) is 0.150. The van der Waals surface area contributed by atoms with E-state index in [1.54, 1.807) is 30.5 Å². The van der Waals surface area contributed by atoms with E-state index in [9.17, 15) is 9.59 Å². The average Bonchev–Trinajstić information content (AvgIpc) is 3.11. The van der Waals surface area contributed by atoms with Gasteiger partial charge in [0, 0.05) is 31.0 Å². The number of nitrogens with zero attached hydrogens (tertiary/aromatic N) is 1. The van der Waals surface area contributed by atoms with E-state index < -0.39 is 0 Å². The first-order chi connectivity index (χ1) is 13.4. The Morgan fingerprint density at radius 2 is 1.86 bits per heavy atom. The number of halogens is 2. The van der Waals surface area contributed by atoms with Crippen LogP contribution in [-0.4, -0.2) is 16.8 Å². The van der Waals surface area contributed by atoms with Gasteiger partial charge < -0.3 is 15.1 Å². The Kier molecular flexibility index (Phi) is 6.34. The monoisotopic (exact) mass is 417 g/mol. The minimum Gasteiger partial charge on any atom is -0.441 e. The Hall–Kier alpha value is -2.83. The highest BCUT2D eigenvalue weighted by Gasteiger charge is 2.12. The molecule has 6 nitrogen and oxygen atoms in total. The summed E-state index contributed by atoms with van der Waals surface area (Å²) in [5.74, 6) is 0.566. The molecule has 0 saturated carbocycles. The second-order valence-electron chi connectivity index (χ2n) is 6.02. The predicted molar refractivity (Wildman–Crippen MR) is 110 cm³/mol. The second-order valence-corrected chi connectivity index (χ2v) is 6.84. The Morgan fingerprint density at radius 3 is 2.57 bits per heavy atom. The van der Waals surface area contributed by atoms with E-state index in [1.807, 2.05) is 18.2 Å². The standard InChI is InChI=1S/C20H17Cl2N3O3/c1-12(26)24-13-6-7-17(16(22)10-13)25-19(27)8-9-20-23-11-18(28-20)14-4-2-3-5-15(14)21/h2-7,10-11H,8-9H2,1H3,(H,24,26)(H,25,27). The van der Waals surface area contributed by atoms with Crippen molar-refractivity contribution in [3.63, 3.8) is 0 Å². The van der Waals surface area contributed by atoms with Gasteiger partial charge in [-0.05, 0) is 30.3 Å². The zero-order valence-electron chi connectivity index (χ0n) is 15.0. The Labute approximate surface area is 171 Å². The number of amides is 2. The Balaban J connectivity index is 1.58. The SMILES string of the molecule is CC(=O)Nc1ccc(NC(=O)CCc2ncc(-c3ccccc3Cl)o2)c(Cl)c1. The van der Waals surface area contributed by atoms with Crippen LogP contribution in [0.25, 0.3) is 11.3 Å². The Bertz CT molecular complexity index is 1020. The molecule has 3 rings (SSSR count). The van der Waals surface area contributed by atoms with Crippen LogP contribution in [-0.2, 0) is 16.0 Å². The van der Waals surface area contributed by atoms with E-state index in [0.717, 1.165) is 5.56 Å². The lowest BCUT2D eigenvalue weighted by Gasteiger charge is -2.09. The minimum atomic E-state index is -0.230. The number of carbonyl (C=O) groups is 2. The first-order valence-electron chi connectivity index (χ1n) is 8.49. The van der Waals surface area contributed by atoms with Gasteiger partial charge in [-0.2, -0.15) is 0 Å². The maximum Gasteiger partial charge on any atom is 0.224 e. The van der Waals surface area contributed by atoms with Crippen LogP contribution in [0.5, 0.6) is 0 Å². The number of hydrogen-bond acceptors (Lipinski definition) is 4. The number of benzene rings is 2. The molecule has 0 atom stereocenters. The maximum absolute atomic E-state index is 12.2. The fourth-order valence-corrected chi connectivity index (χ4v) is 3.00. The number of rotatable bonds is 6. The fourth-order valence-electron chi connectivity index (χ4n) is 2.54. The molecule has 1 aromatic heterocycles.